The molecule has 0 radical (unpaired) electrons. The number of rotatable bonds is 2. The zero-order valence-corrected chi connectivity index (χ0v) is 15.0. The molecule has 2 aromatic carbocycles. The first-order valence-electron chi connectivity index (χ1n) is 6.35. The number of anilines is 1. The summed E-state index contributed by atoms with van der Waals surface area (Å²) < 4.78 is 1.07. The maximum atomic E-state index is 2.53. The van der Waals surface area contributed by atoms with E-state index >= 15 is 0 Å². The summed E-state index contributed by atoms with van der Waals surface area (Å²) in [6.45, 7) is 0. The normalized spacial score (nSPS) is 21.7. The third kappa shape index (κ3) is 2.65. The number of hydrogen-bond acceptors (Lipinski definition) is 1. The molecule has 100 valence electrons. The molecule has 1 nitrogen and oxygen atoms in total. The summed E-state index contributed by atoms with van der Waals surface area (Å²) in [7, 11) is 0. The van der Waals surface area contributed by atoms with Crippen LogP contribution in [0.4, 0.5) is 5.69 Å². The van der Waals surface area contributed by atoms with E-state index in [4.69, 9.17) is 0 Å². The van der Waals surface area contributed by atoms with E-state index in [9.17, 15) is 0 Å². The van der Waals surface area contributed by atoms with Crippen LogP contribution in [0.15, 0.2) is 82.6 Å². The summed E-state index contributed by atoms with van der Waals surface area (Å²) in [6.07, 6.45) is 6.61. The molecule has 0 aromatic heterocycles. The van der Waals surface area contributed by atoms with Gasteiger partial charge in [0.2, 0.25) is 0 Å². The van der Waals surface area contributed by atoms with Crippen molar-refractivity contribution in [2.24, 2.45) is 0 Å². The summed E-state index contributed by atoms with van der Waals surface area (Å²) in [5.41, 5.74) is 2.48. The number of nitrogens with zero attached hydrogens (tertiary/aromatic N) is 1. The molecule has 3 rings (SSSR count). The van der Waals surface area contributed by atoms with E-state index in [1.54, 1.807) is 0 Å². The van der Waals surface area contributed by atoms with Crippen molar-refractivity contribution < 1.29 is 0 Å². The maximum absolute atomic E-state index is 2.53. The van der Waals surface area contributed by atoms with Gasteiger partial charge in [-0.25, -0.2) is 0 Å². The third-order valence-electron chi connectivity index (χ3n) is 3.28. The van der Waals surface area contributed by atoms with Crippen LogP contribution in [0, 0.1) is 0 Å². The predicted molar refractivity (Wildman–Crippen MR) is 102 cm³/mol. The Morgan fingerprint density at radius 2 is 1.45 bits per heavy atom. The minimum Gasteiger partial charge on any atom is -0.325 e. The second kappa shape index (κ2) is 5.89. The molecule has 0 amide bonds. The van der Waals surface area contributed by atoms with Gasteiger partial charge in [-0.05, 0) is 75.0 Å². The van der Waals surface area contributed by atoms with Crippen molar-refractivity contribution in [2.45, 2.75) is 3.55 Å². The monoisotopic (exact) mass is 485 g/mol. The van der Waals surface area contributed by atoms with Gasteiger partial charge in [-0.3, -0.25) is 0 Å². The Labute approximate surface area is 146 Å². The van der Waals surface area contributed by atoms with Gasteiger partial charge in [-0.1, -0.05) is 48.5 Å². The highest BCUT2D eigenvalue weighted by Gasteiger charge is 2.34. The Morgan fingerprint density at radius 1 is 0.850 bits per heavy atom. The van der Waals surface area contributed by atoms with Gasteiger partial charge in [-0.15, -0.1) is 0 Å². The number of halogens is 2. The maximum Gasteiger partial charge on any atom is 0.141 e. The molecule has 0 aliphatic carbocycles. The molecule has 3 heteroatoms. The predicted octanol–water partition coefficient (Wildman–Crippen LogP) is 5.63. The molecular formula is C17H13I2N. The molecule has 2 aromatic rings. The number of hydrogen-bond donors (Lipinski definition) is 0. The average molecular weight is 485 g/mol. The molecular weight excluding hydrogens is 472 g/mol. The van der Waals surface area contributed by atoms with E-state index in [1.165, 1.54) is 14.8 Å². The second-order valence-corrected chi connectivity index (χ2v) is 7.48. The van der Waals surface area contributed by atoms with Gasteiger partial charge in [0.15, 0.2) is 0 Å². The minimum atomic E-state index is -0.189. The fraction of sp³-hybridized carbons (Fsp3) is 0.0588. The third-order valence-corrected chi connectivity index (χ3v) is 5.40. The molecule has 0 fully saturated rings. The van der Waals surface area contributed by atoms with Crippen LogP contribution in [0.2, 0.25) is 0 Å². The van der Waals surface area contributed by atoms with Gasteiger partial charge in [0.1, 0.15) is 3.55 Å². The molecule has 1 heterocycles. The van der Waals surface area contributed by atoms with Gasteiger partial charge in [0.25, 0.3) is 0 Å². The summed E-state index contributed by atoms with van der Waals surface area (Å²) in [6, 6.07) is 21.1. The van der Waals surface area contributed by atoms with E-state index in [-0.39, 0.29) is 3.55 Å². The number of alkyl halides is 1. The lowest BCUT2D eigenvalue weighted by Gasteiger charge is -2.39. The van der Waals surface area contributed by atoms with Crippen LogP contribution < -0.4 is 4.90 Å². The Hall–Kier alpha value is -0.820. The standard InChI is InChI=1S/C17H13I2N/c18-15-11-12-20(16-9-5-2-6-10-16)17(19,13-15)14-7-3-1-4-8-14/h1-13H. The molecule has 1 aliphatic heterocycles. The summed E-state index contributed by atoms with van der Waals surface area (Å²) in [5.74, 6) is 0. The Morgan fingerprint density at radius 3 is 2.10 bits per heavy atom. The van der Waals surface area contributed by atoms with Gasteiger partial charge in [-0.2, -0.15) is 0 Å². The fourth-order valence-corrected chi connectivity index (χ4v) is 4.65. The van der Waals surface area contributed by atoms with Crippen LogP contribution in [0.1, 0.15) is 5.56 Å². The highest BCUT2D eigenvalue weighted by atomic mass is 127. The van der Waals surface area contributed by atoms with E-state index in [0.29, 0.717) is 0 Å². The van der Waals surface area contributed by atoms with Crippen LogP contribution in [0.5, 0.6) is 0 Å². The summed E-state index contributed by atoms with van der Waals surface area (Å²) >= 11 is 4.91. The van der Waals surface area contributed by atoms with Crippen LogP contribution in [0.25, 0.3) is 0 Å². The highest BCUT2D eigenvalue weighted by molar-refractivity contribution is 14.1. The van der Waals surface area contributed by atoms with Gasteiger partial charge in [0.05, 0.1) is 0 Å². The molecule has 0 saturated heterocycles. The zero-order valence-electron chi connectivity index (χ0n) is 10.7. The van der Waals surface area contributed by atoms with Gasteiger partial charge >= 0.3 is 0 Å². The highest BCUT2D eigenvalue weighted by Crippen LogP contribution is 2.44. The SMILES string of the molecule is IC1=CC(I)(c2ccccc2)N(c2ccccc2)C=C1. The summed E-state index contributed by atoms with van der Waals surface area (Å²) in [4.78, 5) is 2.31. The Balaban J connectivity index is 2.12. The van der Waals surface area contributed by atoms with Crippen LogP contribution in [-0.2, 0) is 3.55 Å². The zero-order chi connectivity index (χ0) is 14.0. The van der Waals surface area contributed by atoms with Crippen LogP contribution >= 0.6 is 45.2 Å². The molecule has 0 spiro atoms. The van der Waals surface area contributed by atoms with Crippen molar-refractivity contribution in [1.29, 1.82) is 0 Å². The van der Waals surface area contributed by atoms with Crippen molar-refractivity contribution in [3.63, 3.8) is 0 Å². The van der Waals surface area contributed by atoms with Gasteiger partial charge < -0.3 is 4.90 Å². The Bertz CT molecular complexity index is 649. The van der Waals surface area contributed by atoms with Crippen molar-refractivity contribution in [1.82, 2.24) is 0 Å². The first kappa shape index (κ1) is 14.1. The molecule has 20 heavy (non-hydrogen) atoms. The Kier molecular flexibility index (Phi) is 4.16. The van der Waals surface area contributed by atoms with Crippen molar-refractivity contribution >= 4 is 50.9 Å². The lowest BCUT2D eigenvalue weighted by Crippen LogP contribution is -2.37. The van der Waals surface area contributed by atoms with E-state index in [1.807, 2.05) is 6.07 Å². The van der Waals surface area contributed by atoms with E-state index < -0.39 is 0 Å². The lowest BCUT2D eigenvalue weighted by atomic mass is 10.0. The molecule has 1 atom stereocenters. The summed E-state index contributed by atoms with van der Waals surface area (Å²) in [5, 5.41) is 0. The number of allylic oxidation sites excluding steroid dienone is 2. The van der Waals surface area contributed by atoms with Crippen molar-refractivity contribution in [2.75, 3.05) is 4.90 Å². The molecule has 1 aliphatic rings. The number of para-hydroxylation sites is 1. The topological polar surface area (TPSA) is 3.24 Å². The van der Waals surface area contributed by atoms with Crippen LogP contribution in [-0.4, -0.2) is 0 Å². The molecule has 0 saturated carbocycles. The van der Waals surface area contributed by atoms with Crippen LogP contribution in [0.3, 0.4) is 0 Å². The first-order chi connectivity index (χ1) is 9.70. The van der Waals surface area contributed by atoms with Crippen molar-refractivity contribution in [3.8, 4) is 0 Å². The average Bonchev–Trinajstić information content (AvgIpc) is 2.49. The quantitative estimate of drug-likeness (QED) is 0.303. The molecule has 0 N–H and O–H groups in total. The largest absolute Gasteiger partial charge is 0.325 e. The fourth-order valence-electron chi connectivity index (χ4n) is 2.31. The lowest BCUT2D eigenvalue weighted by molar-refractivity contribution is 0.801. The van der Waals surface area contributed by atoms with E-state index in [0.717, 1.165) is 0 Å². The van der Waals surface area contributed by atoms with E-state index in [2.05, 4.69) is 123 Å². The second-order valence-electron chi connectivity index (χ2n) is 4.59. The van der Waals surface area contributed by atoms with Crippen molar-refractivity contribution in [3.05, 3.63) is 88.2 Å². The smallest absolute Gasteiger partial charge is 0.141 e. The first-order valence-corrected chi connectivity index (χ1v) is 8.51. The molecule has 1 unspecified atom stereocenters. The minimum absolute atomic E-state index is 0.189. The number of benzene rings is 2. The van der Waals surface area contributed by atoms with Gasteiger partial charge in [0, 0.05) is 15.5 Å². The molecule has 0 bridgehead atoms.